The largest absolute Gasteiger partial charge is 0.462 e. The number of benzene rings is 1. The summed E-state index contributed by atoms with van der Waals surface area (Å²) in [7, 11) is 0. The van der Waals surface area contributed by atoms with Crippen molar-refractivity contribution in [2.24, 2.45) is 5.92 Å². The Kier molecular flexibility index (Phi) is 5.88. The Morgan fingerprint density at radius 3 is 2.36 bits per heavy atom. The number of allylic oxidation sites excluding steroid dienone is 1. The fourth-order valence-corrected chi connectivity index (χ4v) is 2.98. The lowest BCUT2D eigenvalue weighted by atomic mass is 9.85. The van der Waals surface area contributed by atoms with Gasteiger partial charge < -0.3 is 15.4 Å². The molecule has 0 radical (unpaired) electrons. The smallest absolute Gasteiger partial charge is 0.338 e. The Balaban J connectivity index is 2.34. The summed E-state index contributed by atoms with van der Waals surface area (Å²) in [6, 6.07) is 8.01. The van der Waals surface area contributed by atoms with Crippen LogP contribution in [-0.4, -0.2) is 17.7 Å². The molecule has 1 aliphatic rings. The van der Waals surface area contributed by atoms with Crippen molar-refractivity contribution in [1.82, 2.24) is 10.6 Å². The van der Waals surface area contributed by atoms with Gasteiger partial charge in [-0.1, -0.05) is 58.9 Å². The van der Waals surface area contributed by atoms with Gasteiger partial charge in [0, 0.05) is 5.70 Å². The minimum Gasteiger partial charge on any atom is -0.462 e. The van der Waals surface area contributed by atoms with Gasteiger partial charge >= 0.3 is 5.97 Å². The molecule has 0 amide bonds. The minimum atomic E-state index is -0.307. The Labute approximate surface area is 156 Å². The summed E-state index contributed by atoms with van der Waals surface area (Å²) in [5, 5.41) is 6.75. The molecule has 1 aromatic carbocycles. The normalized spacial score (nSPS) is 18.0. The fourth-order valence-electron chi connectivity index (χ4n) is 2.71. The maximum Gasteiger partial charge on any atom is 0.338 e. The van der Waals surface area contributed by atoms with Gasteiger partial charge in [-0.05, 0) is 41.6 Å². The maximum atomic E-state index is 12.6. The van der Waals surface area contributed by atoms with Crippen LogP contribution in [0.25, 0.3) is 0 Å². The van der Waals surface area contributed by atoms with E-state index in [1.165, 1.54) is 5.56 Å². The second-order valence-corrected chi connectivity index (χ2v) is 8.34. The highest BCUT2D eigenvalue weighted by Gasteiger charge is 2.31. The fraction of sp³-hybridized carbons (Fsp3) is 0.500. The molecular weight excluding hydrogens is 332 g/mol. The molecule has 0 unspecified atom stereocenters. The van der Waals surface area contributed by atoms with Crippen molar-refractivity contribution < 1.29 is 9.53 Å². The standard InChI is InChI=1S/C20H28N2O2S/c1-12(2)11-24-18(23)16-13(3)21-19(25)22-17(16)14-7-9-15(10-8-14)20(4,5)6/h7-10,12,17H,11H2,1-6H3,(H2,21,22,25)/t17-/m1/s1. The molecule has 1 heterocycles. The molecule has 1 aliphatic heterocycles. The summed E-state index contributed by atoms with van der Waals surface area (Å²) in [5.41, 5.74) is 3.64. The van der Waals surface area contributed by atoms with Crippen molar-refractivity contribution >= 4 is 23.3 Å². The summed E-state index contributed by atoms with van der Waals surface area (Å²) in [4.78, 5) is 12.6. The van der Waals surface area contributed by atoms with Crippen molar-refractivity contribution in [3.63, 3.8) is 0 Å². The van der Waals surface area contributed by atoms with Crippen molar-refractivity contribution in [2.75, 3.05) is 6.61 Å². The molecule has 1 atom stereocenters. The van der Waals surface area contributed by atoms with Crippen molar-refractivity contribution in [1.29, 1.82) is 0 Å². The van der Waals surface area contributed by atoms with Crippen LogP contribution in [0.15, 0.2) is 35.5 Å². The molecule has 0 spiro atoms. The second-order valence-electron chi connectivity index (χ2n) is 7.93. The summed E-state index contributed by atoms with van der Waals surface area (Å²) < 4.78 is 5.46. The summed E-state index contributed by atoms with van der Waals surface area (Å²) in [5.74, 6) is -0.0152. The predicted molar refractivity (Wildman–Crippen MR) is 105 cm³/mol. The Bertz CT molecular complexity index is 685. The van der Waals surface area contributed by atoms with Gasteiger partial charge in [0.2, 0.25) is 0 Å². The maximum absolute atomic E-state index is 12.6. The first kappa shape index (κ1) is 19.4. The number of carbonyl (C=O) groups excluding carboxylic acids is 1. The molecule has 1 aromatic rings. The molecule has 0 fully saturated rings. The van der Waals surface area contributed by atoms with Crippen LogP contribution in [0.1, 0.15) is 58.7 Å². The highest BCUT2D eigenvalue weighted by molar-refractivity contribution is 7.80. The zero-order valence-corrected chi connectivity index (χ0v) is 16.7. The topological polar surface area (TPSA) is 50.4 Å². The van der Waals surface area contributed by atoms with Gasteiger partial charge in [-0.15, -0.1) is 0 Å². The lowest BCUT2D eigenvalue weighted by Gasteiger charge is -2.30. The van der Waals surface area contributed by atoms with E-state index in [2.05, 4.69) is 55.7 Å². The third-order valence-corrected chi connectivity index (χ3v) is 4.37. The number of hydrogen-bond acceptors (Lipinski definition) is 3. The van der Waals surface area contributed by atoms with E-state index in [0.717, 1.165) is 11.3 Å². The quantitative estimate of drug-likeness (QED) is 0.628. The van der Waals surface area contributed by atoms with E-state index in [0.29, 0.717) is 23.2 Å². The number of thiocarbonyl (C=S) groups is 1. The molecule has 25 heavy (non-hydrogen) atoms. The summed E-state index contributed by atoms with van der Waals surface area (Å²) >= 11 is 5.28. The van der Waals surface area contributed by atoms with Gasteiger partial charge in [-0.2, -0.15) is 0 Å². The molecular formula is C20H28N2O2S. The van der Waals surface area contributed by atoms with E-state index in [9.17, 15) is 4.79 Å². The summed E-state index contributed by atoms with van der Waals surface area (Å²) in [6.07, 6.45) is 0. The SMILES string of the molecule is CC1=C(C(=O)OCC(C)C)[C@@H](c2ccc(C(C)(C)C)cc2)NC(=S)N1. The molecule has 2 rings (SSSR count). The Morgan fingerprint density at radius 1 is 1.24 bits per heavy atom. The van der Waals surface area contributed by atoms with Gasteiger partial charge in [0.25, 0.3) is 0 Å². The van der Waals surface area contributed by atoms with E-state index in [1.807, 2.05) is 20.8 Å². The van der Waals surface area contributed by atoms with Crippen molar-refractivity contribution in [3.05, 3.63) is 46.7 Å². The van der Waals surface area contributed by atoms with Gasteiger partial charge in [-0.3, -0.25) is 0 Å². The molecule has 0 saturated heterocycles. The van der Waals surface area contributed by atoms with Gasteiger partial charge in [-0.25, -0.2) is 4.79 Å². The van der Waals surface area contributed by atoms with Crippen LogP contribution in [0.4, 0.5) is 0 Å². The Hall–Kier alpha value is -1.88. The highest BCUT2D eigenvalue weighted by Crippen LogP contribution is 2.30. The van der Waals surface area contributed by atoms with Crippen LogP contribution in [0.3, 0.4) is 0 Å². The van der Waals surface area contributed by atoms with Crippen LogP contribution in [-0.2, 0) is 14.9 Å². The lowest BCUT2D eigenvalue weighted by molar-refractivity contribution is -0.140. The van der Waals surface area contributed by atoms with Gasteiger partial charge in [0.1, 0.15) is 0 Å². The Morgan fingerprint density at radius 2 is 1.84 bits per heavy atom. The van der Waals surface area contributed by atoms with E-state index < -0.39 is 0 Å². The highest BCUT2D eigenvalue weighted by atomic mass is 32.1. The van der Waals surface area contributed by atoms with E-state index in [1.54, 1.807) is 0 Å². The van der Waals surface area contributed by atoms with Gasteiger partial charge in [0.15, 0.2) is 5.11 Å². The van der Waals surface area contributed by atoms with Gasteiger partial charge in [0.05, 0.1) is 18.2 Å². The van der Waals surface area contributed by atoms with Crippen LogP contribution >= 0.6 is 12.2 Å². The molecule has 5 heteroatoms. The van der Waals surface area contributed by atoms with E-state index >= 15 is 0 Å². The average Bonchev–Trinajstić information content (AvgIpc) is 2.51. The predicted octanol–water partition coefficient (Wildman–Crippen LogP) is 3.98. The molecule has 0 aliphatic carbocycles. The number of ether oxygens (including phenoxy) is 1. The zero-order valence-electron chi connectivity index (χ0n) is 15.9. The first-order chi connectivity index (χ1) is 11.6. The van der Waals surface area contributed by atoms with Crippen molar-refractivity contribution in [2.45, 2.75) is 53.0 Å². The molecule has 0 saturated carbocycles. The van der Waals surface area contributed by atoms with Crippen LogP contribution < -0.4 is 10.6 Å². The minimum absolute atomic E-state index is 0.0835. The zero-order chi connectivity index (χ0) is 18.8. The first-order valence-electron chi connectivity index (χ1n) is 8.65. The van der Waals surface area contributed by atoms with Crippen LogP contribution in [0, 0.1) is 5.92 Å². The average molecular weight is 361 g/mol. The third-order valence-electron chi connectivity index (χ3n) is 4.15. The monoisotopic (exact) mass is 360 g/mol. The molecule has 0 aromatic heterocycles. The van der Waals surface area contributed by atoms with Crippen molar-refractivity contribution in [3.8, 4) is 0 Å². The second kappa shape index (κ2) is 7.56. The number of carbonyl (C=O) groups is 1. The molecule has 136 valence electrons. The molecule has 2 N–H and O–H groups in total. The number of hydrogen-bond donors (Lipinski definition) is 2. The summed E-state index contributed by atoms with van der Waals surface area (Å²) in [6.45, 7) is 12.8. The van der Waals surface area contributed by atoms with Crippen LogP contribution in [0.5, 0.6) is 0 Å². The van der Waals surface area contributed by atoms with E-state index in [-0.39, 0.29) is 17.4 Å². The number of rotatable bonds is 4. The molecule has 0 bridgehead atoms. The van der Waals surface area contributed by atoms with E-state index in [4.69, 9.17) is 17.0 Å². The number of nitrogens with one attached hydrogen (secondary N) is 2. The number of esters is 1. The lowest BCUT2D eigenvalue weighted by Crippen LogP contribution is -2.45. The third kappa shape index (κ3) is 4.82. The molecule has 4 nitrogen and oxygen atoms in total. The van der Waals surface area contributed by atoms with Crippen LogP contribution in [0.2, 0.25) is 0 Å². The first-order valence-corrected chi connectivity index (χ1v) is 9.06.